The normalized spacial score (nSPS) is 13.2. The Bertz CT molecular complexity index is 505. The Morgan fingerprint density at radius 1 is 1.35 bits per heavy atom. The molecule has 0 saturated heterocycles. The Morgan fingerprint density at radius 3 is 2.65 bits per heavy atom. The van der Waals surface area contributed by atoms with Crippen LogP contribution in [0.1, 0.15) is 13.3 Å². The second-order valence-electron chi connectivity index (χ2n) is 4.43. The lowest BCUT2D eigenvalue weighted by Crippen LogP contribution is -2.34. The van der Waals surface area contributed by atoms with Gasteiger partial charge in [-0.3, -0.25) is 0 Å². The van der Waals surface area contributed by atoms with Crippen LogP contribution in [0.4, 0.5) is 5.69 Å². The molecule has 0 aromatic heterocycles. The molecule has 0 bridgehead atoms. The smallest absolute Gasteiger partial charge is 0.242 e. The van der Waals surface area contributed by atoms with Crippen LogP contribution in [0, 0.1) is 0 Å². The molecule has 0 spiro atoms. The van der Waals surface area contributed by atoms with E-state index in [1.165, 1.54) is 0 Å². The monoisotopic (exact) mass is 301 g/mol. The molecular weight excluding hydrogens is 278 g/mol. The van der Waals surface area contributed by atoms with Gasteiger partial charge < -0.3 is 15.8 Å². The van der Waals surface area contributed by atoms with E-state index >= 15 is 0 Å². The summed E-state index contributed by atoms with van der Waals surface area (Å²) in [6.07, 6.45) is 0.740. The first kappa shape index (κ1) is 16.9. The zero-order chi connectivity index (χ0) is 15.0. The van der Waals surface area contributed by atoms with Crippen molar-refractivity contribution in [3.8, 4) is 0 Å². The van der Waals surface area contributed by atoms with Crippen LogP contribution in [0.25, 0.3) is 0 Å². The van der Waals surface area contributed by atoms with Gasteiger partial charge in [0, 0.05) is 20.2 Å². The van der Waals surface area contributed by atoms with Crippen molar-refractivity contribution in [3.63, 3.8) is 0 Å². The van der Waals surface area contributed by atoms with Crippen molar-refractivity contribution in [2.24, 2.45) is 5.73 Å². The fraction of sp³-hybridized carbons (Fsp3) is 0.538. The number of ether oxygens (including phenoxy) is 1. The number of nitrogens with one attached hydrogen (secondary N) is 2. The standard InChI is InChI=1S/C13H23N3O3S/c1-3-8-15-20(17,18)13-7-5-4-6-12(13)16-11(9-14)10-19-2/h4-7,11,15-16H,3,8-10,14H2,1-2H3. The molecule has 1 aromatic carbocycles. The molecule has 0 aliphatic rings. The zero-order valence-electron chi connectivity index (χ0n) is 11.9. The maximum Gasteiger partial charge on any atom is 0.242 e. The maximum atomic E-state index is 12.2. The van der Waals surface area contributed by atoms with Crippen LogP contribution in [-0.2, 0) is 14.8 Å². The van der Waals surface area contributed by atoms with E-state index in [1.807, 2.05) is 6.92 Å². The highest BCUT2D eigenvalue weighted by atomic mass is 32.2. The van der Waals surface area contributed by atoms with Gasteiger partial charge in [0.05, 0.1) is 18.3 Å². The van der Waals surface area contributed by atoms with Gasteiger partial charge in [0.15, 0.2) is 0 Å². The molecule has 1 aromatic rings. The van der Waals surface area contributed by atoms with E-state index in [4.69, 9.17) is 10.5 Å². The van der Waals surface area contributed by atoms with E-state index in [0.717, 1.165) is 6.42 Å². The van der Waals surface area contributed by atoms with E-state index < -0.39 is 10.0 Å². The van der Waals surface area contributed by atoms with Gasteiger partial charge in [0.2, 0.25) is 10.0 Å². The molecule has 20 heavy (non-hydrogen) atoms. The minimum atomic E-state index is -3.52. The summed E-state index contributed by atoms with van der Waals surface area (Å²) in [5, 5.41) is 3.11. The van der Waals surface area contributed by atoms with Crippen molar-refractivity contribution in [2.75, 3.05) is 32.1 Å². The Balaban J connectivity index is 2.98. The number of methoxy groups -OCH3 is 1. The van der Waals surface area contributed by atoms with Gasteiger partial charge in [-0.05, 0) is 18.6 Å². The summed E-state index contributed by atoms with van der Waals surface area (Å²) in [6.45, 7) is 3.09. The molecule has 0 aliphatic carbocycles. The van der Waals surface area contributed by atoms with E-state index in [1.54, 1.807) is 31.4 Å². The third kappa shape index (κ3) is 4.75. The van der Waals surface area contributed by atoms with Gasteiger partial charge in [-0.1, -0.05) is 19.1 Å². The summed E-state index contributed by atoms with van der Waals surface area (Å²) in [5.74, 6) is 0. The summed E-state index contributed by atoms with van der Waals surface area (Å²) in [7, 11) is -1.94. The molecule has 0 fully saturated rings. The van der Waals surface area contributed by atoms with Gasteiger partial charge in [-0.25, -0.2) is 13.1 Å². The highest BCUT2D eigenvalue weighted by Gasteiger charge is 2.19. The predicted molar refractivity (Wildman–Crippen MR) is 80.3 cm³/mol. The van der Waals surface area contributed by atoms with E-state index in [-0.39, 0.29) is 10.9 Å². The molecule has 0 amide bonds. The highest BCUT2D eigenvalue weighted by Crippen LogP contribution is 2.21. The zero-order valence-corrected chi connectivity index (χ0v) is 12.7. The lowest BCUT2D eigenvalue weighted by molar-refractivity contribution is 0.187. The first-order chi connectivity index (χ1) is 9.55. The average Bonchev–Trinajstić information content (AvgIpc) is 2.45. The number of rotatable bonds is 9. The maximum absolute atomic E-state index is 12.2. The van der Waals surface area contributed by atoms with Gasteiger partial charge in [0.1, 0.15) is 4.90 Å². The van der Waals surface area contributed by atoms with Crippen molar-refractivity contribution >= 4 is 15.7 Å². The number of anilines is 1. The Morgan fingerprint density at radius 2 is 2.05 bits per heavy atom. The number of hydrogen-bond donors (Lipinski definition) is 3. The molecule has 0 saturated carbocycles. The van der Waals surface area contributed by atoms with Gasteiger partial charge in [0.25, 0.3) is 0 Å². The topological polar surface area (TPSA) is 93.5 Å². The van der Waals surface area contributed by atoms with Gasteiger partial charge in [-0.15, -0.1) is 0 Å². The predicted octanol–water partition coefficient (Wildman–Crippen LogP) is 0.761. The first-order valence-electron chi connectivity index (χ1n) is 6.59. The molecule has 0 aliphatic heterocycles. The summed E-state index contributed by atoms with van der Waals surface area (Å²) < 4.78 is 32.1. The lowest BCUT2D eigenvalue weighted by Gasteiger charge is -2.19. The molecule has 1 rings (SSSR count). The molecule has 1 unspecified atom stereocenters. The lowest BCUT2D eigenvalue weighted by atomic mass is 10.2. The summed E-state index contributed by atoms with van der Waals surface area (Å²) >= 11 is 0. The minimum Gasteiger partial charge on any atom is -0.383 e. The summed E-state index contributed by atoms with van der Waals surface area (Å²) in [6, 6.07) is 6.63. The Hall–Kier alpha value is -1.15. The Kier molecular flexibility index (Phi) is 6.94. The molecule has 0 radical (unpaired) electrons. The van der Waals surface area contributed by atoms with Crippen LogP contribution in [0.3, 0.4) is 0 Å². The SMILES string of the molecule is CCCNS(=O)(=O)c1ccccc1NC(CN)COC. The van der Waals surface area contributed by atoms with Crippen LogP contribution in [0.5, 0.6) is 0 Å². The van der Waals surface area contributed by atoms with Gasteiger partial charge >= 0.3 is 0 Å². The molecule has 114 valence electrons. The fourth-order valence-electron chi connectivity index (χ4n) is 1.72. The average molecular weight is 301 g/mol. The summed E-state index contributed by atoms with van der Waals surface area (Å²) in [4.78, 5) is 0.225. The third-order valence-corrected chi connectivity index (χ3v) is 4.25. The summed E-state index contributed by atoms with van der Waals surface area (Å²) in [5.41, 5.74) is 6.17. The van der Waals surface area contributed by atoms with E-state index in [2.05, 4.69) is 10.0 Å². The molecule has 0 heterocycles. The highest BCUT2D eigenvalue weighted by molar-refractivity contribution is 7.89. The van der Waals surface area contributed by atoms with Crippen molar-refractivity contribution in [2.45, 2.75) is 24.3 Å². The van der Waals surface area contributed by atoms with Crippen LogP contribution in [0.15, 0.2) is 29.2 Å². The van der Waals surface area contributed by atoms with Crippen molar-refractivity contribution < 1.29 is 13.2 Å². The van der Waals surface area contributed by atoms with Crippen molar-refractivity contribution in [3.05, 3.63) is 24.3 Å². The van der Waals surface area contributed by atoms with Gasteiger partial charge in [-0.2, -0.15) is 0 Å². The van der Waals surface area contributed by atoms with Crippen molar-refractivity contribution in [1.82, 2.24) is 4.72 Å². The van der Waals surface area contributed by atoms with Crippen LogP contribution >= 0.6 is 0 Å². The fourth-order valence-corrected chi connectivity index (χ4v) is 3.03. The van der Waals surface area contributed by atoms with E-state index in [0.29, 0.717) is 25.4 Å². The largest absolute Gasteiger partial charge is 0.383 e. The minimum absolute atomic E-state index is 0.137. The number of benzene rings is 1. The number of sulfonamides is 1. The number of nitrogens with two attached hydrogens (primary N) is 1. The first-order valence-corrected chi connectivity index (χ1v) is 8.07. The third-order valence-electron chi connectivity index (χ3n) is 2.73. The quantitative estimate of drug-likeness (QED) is 0.626. The van der Waals surface area contributed by atoms with Crippen LogP contribution < -0.4 is 15.8 Å². The molecule has 1 atom stereocenters. The molecular formula is C13H23N3O3S. The number of para-hydroxylation sites is 1. The van der Waals surface area contributed by atoms with Crippen molar-refractivity contribution in [1.29, 1.82) is 0 Å². The Labute approximate surface area is 120 Å². The molecule has 4 N–H and O–H groups in total. The second kappa shape index (κ2) is 8.21. The van der Waals surface area contributed by atoms with E-state index in [9.17, 15) is 8.42 Å². The van der Waals surface area contributed by atoms with Crippen LogP contribution in [-0.4, -0.2) is 41.3 Å². The number of hydrogen-bond acceptors (Lipinski definition) is 5. The molecule has 7 heteroatoms. The second-order valence-corrected chi connectivity index (χ2v) is 6.16. The molecule has 6 nitrogen and oxygen atoms in total. The van der Waals surface area contributed by atoms with Crippen LogP contribution in [0.2, 0.25) is 0 Å².